The van der Waals surface area contributed by atoms with E-state index < -0.39 is 17.7 Å². The van der Waals surface area contributed by atoms with Gasteiger partial charge in [-0.1, -0.05) is 25.0 Å². The molecular weight excluding hydrogens is 308 g/mol. The number of carbonyl (C=O) groups excluding carboxylic acids is 2. The topological polar surface area (TPSA) is 76.7 Å². The fraction of sp³-hybridized carbons (Fsp3) is 0.778. The van der Waals surface area contributed by atoms with Gasteiger partial charge in [0.05, 0.1) is 12.7 Å². The number of amides is 2. The highest BCUT2D eigenvalue weighted by atomic mass is 16.6. The molecule has 2 aliphatic carbocycles. The van der Waals surface area contributed by atoms with Crippen LogP contribution in [0, 0.1) is 5.92 Å². The van der Waals surface area contributed by atoms with Crippen LogP contribution in [0.1, 0.15) is 52.9 Å². The van der Waals surface area contributed by atoms with Gasteiger partial charge in [0.15, 0.2) is 0 Å². The zero-order valence-electron chi connectivity index (χ0n) is 15.0. The van der Waals surface area contributed by atoms with Gasteiger partial charge in [0.1, 0.15) is 11.6 Å². The second-order valence-corrected chi connectivity index (χ2v) is 7.74. The first-order valence-corrected chi connectivity index (χ1v) is 8.81. The molecule has 0 aliphatic heterocycles. The van der Waals surface area contributed by atoms with Crippen molar-refractivity contribution in [1.82, 2.24) is 10.6 Å². The van der Waals surface area contributed by atoms with Gasteiger partial charge >= 0.3 is 6.09 Å². The number of hydrogen-bond donors (Lipinski definition) is 2. The van der Waals surface area contributed by atoms with Gasteiger partial charge in [-0.3, -0.25) is 4.79 Å². The highest BCUT2D eigenvalue weighted by Gasteiger charge is 2.30. The second kappa shape index (κ2) is 8.01. The van der Waals surface area contributed by atoms with Crippen LogP contribution in [-0.4, -0.2) is 42.9 Å². The van der Waals surface area contributed by atoms with Crippen LogP contribution >= 0.6 is 0 Å². The Morgan fingerprint density at radius 1 is 1.29 bits per heavy atom. The summed E-state index contributed by atoms with van der Waals surface area (Å²) >= 11 is 0. The maximum absolute atomic E-state index is 12.4. The SMILES string of the molecule is C=C1CC1CNC(=O)[C@H](COC1CCCC1)NC(=O)OC(C)(C)C. The third-order valence-electron chi connectivity index (χ3n) is 4.26. The molecule has 2 atom stereocenters. The van der Waals surface area contributed by atoms with E-state index >= 15 is 0 Å². The summed E-state index contributed by atoms with van der Waals surface area (Å²) < 4.78 is 11.1. The molecule has 2 N–H and O–H groups in total. The number of ether oxygens (including phenoxy) is 2. The van der Waals surface area contributed by atoms with Crippen molar-refractivity contribution in [2.75, 3.05) is 13.2 Å². The van der Waals surface area contributed by atoms with Crippen molar-refractivity contribution in [2.45, 2.75) is 70.6 Å². The largest absolute Gasteiger partial charge is 0.444 e. The Morgan fingerprint density at radius 2 is 1.92 bits per heavy atom. The Labute approximate surface area is 144 Å². The van der Waals surface area contributed by atoms with Crippen LogP contribution < -0.4 is 10.6 Å². The highest BCUT2D eigenvalue weighted by molar-refractivity contribution is 5.85. The molecule has 6 heteroatoms. The van der Waals surface area contributed by atoms with E-state index in [1.807, 2.05) is 0 Å². The molecule has 2 amide bonds. The van der Waals surface area contributed by atoms with E-state index in [2.05, 4.69) is 17.2 Å². The van der Waals surface area contributed by atoms with Crippen LogP contribution in [0.5, 0.6) is 0 Å². The monoisotopic (exact) mass is 338 g/mol. The minimum absolute atomic E-state index is 0.168. The predicted octanol–water partition coefficient (Wildman–Crippen LogP) is 2.53. The third kappa shape index (κ3) is 6.51. The average Bonchev–Trinajstić information content (AvgIpc) is 2.96. The number of hydrogen-bond acceptors (Lipinski definition) is 4. The van der Waals surface area contributed by atoms with E-state index in [4.69, 9.17) is 9.47 Å². The summed E-state index contributed by atoms with van der Waals surface area (Å²) in [7, 11) is 0. The first kappa shape index (κ1) is 18.8. The minimum Gasteiger partial charge on any atom is -0.444 e. The van der Waals surface area contributed by atoms with Crippen LogP contribution in [0.25, 0.3) is 0 Å². The molecule has 2 aliphatic rings. The second-order valence-electron chi connectivity index (χ2n) is 7.74. The fourth-order valence-electron chi connectivity index (χ4n) is 2.74. The van der Waals surface area contributed by atoms with E-state index in [0.29, 0.717) is 12.5 Å². The Bertz CT molecular complexity index is 478. The summed E-state index contributed by atoms with van der Waals surface area (Å²) in [4.78, 5) is 24.4. The zero-order chi connectivity index (χ0) is 17.7. The smallest absolute Gasteiger partial charge is 0.408 e. The molecule has 0 aromatic heterocycles. The number of nitrogens with one attached hydrogen (secondary N) is 2. The van der Waals surface area contributed by atoms with Gasteiger partial charge in [0.25, 0.3) is 0 Å². The summed E-state index contributed by atoms with van der Waals surface area (Å²) in [6, 6.07) is -0.743. The molecule has 0 bridgehead atoms. The Morgan fingerprint density at radius 3 is 2.46 bits per heavy atom. The molecule has 2 fully saturated rings. The summed E-state index contributed by atoms with van der Waals surface area (Å²) in [5.41, 5.74) is 0.553. The fourth-order valence-corrected chi connectivity index (χ4v) is 2.74. The molecule has 1 unspecified atom stereocenters. The van der Waals surface area contributed by atoms with Gasteiger partial charge in [-0.05, 0) is 40.0 Å². The van der Waals surface area contributed by atoms with E-state index in [9.17, 15) is 9.59 Å². The van der Waals surface area contributed by atoms with Crippen molar-refractivity contribution in [1.29, 1.82) is 0 Å². The van der Waals surface area contributed by atoms with Crippen LogP contribution in [0.4, 0.5) is 4.79 Å². The molecule has 2 rings (SSSR count). The molecule has 0 saturated heterocycles. The van der Waals surface area contributed by atoms with Crippen LogP contribution in [0.15, 0.2) is 12.2 Å². The molecule has 2 saturated carbocycles. The van der Waals surface area contributed by atoms with Gasteiger partial charge in [-0.2, -0.15) is 0 Å². The van der Waals surface area contributed by atoms with Gasteiger partial charge in [-0.15, -0.1) is 0 Å². The quantitative estimate of drug-likeness (QED) is 0.699. The summed E-state index contributed by atoms with van der Waals surface area (Å²) in [6.07, 6.45) is 4.89. The molecule has 24 heavy (non-hydrogen) atoms. The Balaban J connectivity index is 1.84. The van der Waals surface area contributed by atoms with Crippen molar-refractivity contribution in [3.63, 3.8) is 0 Å². The number of carbonyl (C=O) groups is 2. The van der Waals surface area contributed by atoms with Crippen molar-refractivity contribution < 1.29 is 19.1 Å². The highest BCUT2D eigenvalue weighted by Crippen LogP contribution is 2.34. The first-order valence-electron chi connectivity index (χ1n) is 8.81. The summed E-state index contributed by atoms with van der Waals surface area (Å²) in [5, 5.41) is 5.50. The average molecular weight is 338 g/mol. The lowest BCUT2D eigenvalue weighted by Gasteiger charge is -2.24. The standard InChI is InChI=1S/C18H30N2O4/c1-12-9-13(12)10-19-16(21)15(11-23-14-7-5-6-8-14)20-17(22)24-18(2,3)4/h13-15H,1,5-11H2,2-4H3,(H,19,21)(H,20,22)/t13?,15-/m0/s1. The zero-order valence-corrected chi connectivity index (χ0v) is 15.0. The van der Waals surface area contributed by atoms with E-state index in [1.54, 1.807) is 20.8 Å². The molecule has 6 nitrogen and oxygen atoms in total. The van der Waals surface area contributed by atoms with Gasteiger partial charge in [0, 0.05) is 12.5 Å². The van der Waals surface area contributed by atoms with Gasteiger partial charge in [0.2, 0.25) is 5.91 Å². The van der Waals surface area contributed by atoms with Crippen molar-refractivity contribution in [3.8, 4) is 0 Å². The minimum atomic E-state index is -0.743. The van der Waals surface area contributed by atoms with Gasteiger partial charge < -0.3 is 20.1 Å². The summed E-state index contributed by atoms with van der Waals surface area (Å²) in [5.74, 6) is 0.130. The predicted molar refractivity (Wildman–Crippen MR) is 91.6 cm³/mol. The lowest BCUT2D eigenvalue weighted by atomic mass is 10.2. The molecular formula is C18H30N2O4. The molecule has 0 heterocycles. The third-order valence-corrected chi connectivity index (χ3v) is 4.26. The van der Waals surface area contributed by atoms with Crippen molar-refractivity contribution >= 4 is 12.0 Å². The van der Waals surface area contributed by atoms with Gasteiger partial charge in [-0.25, -0.2) is 4.79 Å². The maximum atomic E-state index is 12.4. The summed E-state index contributed by atoms with van der Waals surface area (Å²) in [6.45, 7) is 9.97. The van der Waals surface area contributed by atoms with Crippen LogP contribution in [0.3, 0.4) is 0 Å². The van der Waals surface area contributed by atoms with E-state index in [1.165, 1.54) is 0 Å². The lowest BCUT2D eigenvalue weighted by molar-refractivity contribution is -0.125. The van der Waals surface area contributed by atoms with Crippen LogP contribution in [-0.2, 0) is 14.3 Å². The maximum Gasteiger partial charge on any atom is 0.408 e. The van der Waals surface area contributed by atoms with Crippen molar-refractivity contribution in [3.05, 3.63) is 12.2 Å². The Hall–Kier alpha value is -1.56. The molecule has 0 aromatic rings. The van der Waals surface area contributed by atoms with E-state index in [-0.39, 0.29) is 18.6 Å². The lowest BCUT2D eigenvalue weighted by Crippen LogP contribution is -2.51. The number of alkyl carbamates (subject to hydrolysis) is 1. The number of rotatable bonds is 7. The molecule has 136 valence electrons. The molecule has 0 radical (unpaired) electrons. The molecule has 0 aromatic carbocycles. The van der Waals surface area contributed by atoms with E-state index in [0.717, 1.165) is 37.7 Å². The van der Waals surface area contributed by atoms with Crippen molar-refractivity contribution in [2.24, 2.45) is 5.92 Å². The first-order chi connectivity index (χ1) is 11.2. The molecule has 0 spiro atoms. The van der Waals surface area contributed by atoms with Crippen LogP contribution in [0.2, 0.25) is 0 Å². The normalized spacial score (nSPS) is 22.1. The Kier molecular flexibility index (Phi) is 6.27.